The molecule has 2 aliphatic carbocycles. The van der Waals surface area contributed by atoms with E-state index in [-0.39, 0.29) is 5.91 Å². The first kappa shape index (κ1) is 12.3. The fourth-order valence-corrected chi connectivity index (χ4v) is 2.76. The molecule has 0 aliphatic heterocycles. The van der Waals surface area contributed by atoms with Crippen molar-refractivity contribution in [3.8, 4) is 0 Å². The van der Waals surface area contributed by atoms with Gasteiger partial charge in [-0.05, 0) is 38.0 Å². The molecule has 0 saturated heterocycles. The summed E-state index contributed by atoms with van der Waals surface area (Å²) in [6.45, 7) is 0. The Kier molecular flexibility index (Phi) is 4.35. The Hall–Kier alpha value is -1.12. The highest BCUT2D eigenvalue weighted by Gasteiger charge is 2.19. The Balaban J connectivity index is 1.80. The van der Waals surface area contributed by atoms with Gasteiger partial charge in [0.1, 0.15) is 0 Å². The second-order valence-corrected chi connectivity index (χ2v) is 5.24. The summed E-state index contributed by atoms with van der Waals surface area (Å²) >= 11 is 0. The highest BCUT2D eigenvalue weighted by molar-refractivity contribution is 6.01. The van der Waals surface area contributed by atoms with Gasteiger partial charge in [-0.2, -0.15) is 0 Å². The highest BCUT2D eigenvalue weighted by Crippen LogP contribution is 2.26. The van der Waals surface area contributed by atoms with Gasteiger partial charge in [0, 0.05) is 6.42 Å². The Morgan fingerprint density at radius 2 is 2.06 bits per heavy atom. The van der Waals surface area contributed by atoms with Crippen LogP contribution in [0.5, 0.6) is 0 Å². The maximum Gasteiger partial charge on any atom is 0.224 e. The van der Waals surface area contributed by atoms with Gasteiger partial charge >= 0.3 is 0 Å². The van der Waals surface area contributed by atoms with Crippen molar-refractivity contribution in [3.63, 3.8) is 0 Å². The molecule has 0 radical (unpaired) electrons. The third-order valence-electron chi connectivity index (χ3n) is 3.78. The van der Waals surface area contributed by atoms with Crippen LogP contribution in [0.3, 0.4) is 0 Å². The largest absolute Gasteiger partial charge is 0.325 e. The Labute approximate surface area is 103 Å². The molecular weight excluding hydrogens is 212 g/mol. The lowest BCUT2D eigenvalue weighted by Crippen LogP contribution is -2.30. The predicted molar refractivity (Wildman–Crippen MR) is 69.0 cm³/mol. The second kappa shape index (κ2) is 5.99. The fraction of sp³-hybridized carbons (Fsp3) is 0.714. The van der Waals surface area contributed by atoms with Gasteiger partial charge in [0.15, 0.2) is 0 Å². The number of hydrogen-bond acceptors (Lipinski definition) is 2. The molecule has 3 heteroatoms. The summed E-state index contributed by atoms with van der Waals surface area (Å²) in [5.74, 6) is 0.678. The van der Waals surface area contributed by atoms with Crippen molar-refractivity contribution in [1.29, 1.82) is 5.41 Å². The van der Waals surface area contributed by atoms with E-state index in [1.54, 1.807) is 0 Å². The highest BCUT2D eigenvalue weighted by atomic mass is 16.1. The quantitative estimate of drug-likeness (QED) is 0.774. The topological polar surface area (TPSA) is 53.0 Å². The van der Waals surface area contributed by atoms with Crippen molar-refractivity contribution < 1.29 is 4.79 Å². The first-order valence-corrected chi connectivity index (χ1v) is 6.83. The number of amides is 1. The van der Waals surface area contributed by atoms with Crippen LogP contribution < -0.4 is 5.32 Å². The maximum absolute atomic E-state index is 11.9. The fourth-order valence-electron chi connectivity index (χ4n) is 2.76. The van der Waals surface area contributed by atoms with E-state index >= 15 is 0 Å². The summed E-state index contributed by atoms with van der Waals surface area (Å²) in [6.07, 6.45) is 11.7. The number of hydrogen-bond donors (Lipinski definition) is 2. The van der Waals surface area contributed by atoms with Gasteiger partial charge in [0.25, 0.3) is 0 Å². The normalized spacial score (nSPS) is 22.1. The number of carbonyl (C=O) groups excluding carboxylic acids is 1. The maximum atomic E-state index is 11.9. The number of allylic oxidation sites excluding steroid dienone is 2. The van der Waals surface area contributed by atoms with Crippen LogP contribution in [0, 0.1) is 11.3 Å². The molecule has 0 spiro atoms. The summed E-state index contributed by atoms with van der Waals surface area (Å²) in [6, 6.07) is 0. The van der Waals surface area contributed by atoms with Crippen LogP contribution in [0.4, 0.5) is 0 Å². The zero-order valence-corrected chi connectivity index (χ0v) is 10.4. The molecule has 3 nitrogen and oxygen atoms in total. The van der Waals surface area contributed by atoms with Crippen LogP contribution in [-0.4, -0.2) is 11.6 Å². The Bertz CT molecular complexity index is 327. The molecule has 1 amide bonds. The molecular formula is C14H22N2O. The van der Waals surface area contributed by atoms with E-state index in [0.29, 0.717) is 18.1 Å². The van der Waals surface area contributed by atoms with Crippen LogP contribution in [0.25, 0.3) is 0 Å². The zero-order valence-electron chi connectivity index (χ0n) is 10.4. The Morgan fingerprint density at radius 1 is 1.29 bits per heavy atom. The van der Waals surface area contributed by atoms with E-state index in [9.17, 15) is 4.79 Å². The molecule has 17 heavy (non-hydrogen) atoms. The first-order valence-electron chi connectivity index (χ1n) is 6.83. The van der Waals surface area contributed by atoms with Crippen molar-refractivity contribution in [3.05, 3.63) is 11.8 Å². The van der Waals surface area contributed by atoms with Crippen molar-refractivity contribution in [2.75, 3.05) is 0 Å². The van der Waals surface area contributed by atoms with E-state index in [0.717, 1.165) is 25.0 Å². The van der Waals surface area contributed by atoms with Crippen LogP contribution in [0.2, 0.25) is 0 Å². The molecule has 2 N–H and O–H groups in total. The lowest BCUT2D eigenvalue weighted by atomic mass is 9.87. The van der Waals surface area contributed by atoms with Gasteiger partial charge in [0.2, 0.25) is 5.91 Å². The third kappa shape index (κ3) is 3.69. The Morgan fingerprint density at radius 3 is 2.76 bits per heavy atom. The van der Waals surface area contributed by atoms with Gasteiger partial charge in [-0.15, -0.1) is 0 Å². The smallest absolute Gasteiger partial charge is 0.224 e. The van der Waals surface area contributed by atoms with E-state index in [1.807, 2.05) is 6.08 Å². The molecule has 0 bridgehead atoms. The SMILES string of the molecule is N=C1CCCC=C1NC(=O)CC1CCCCC1. The molecule has 0 aromatic rings. The average molecular weight is 234 g/mol. The van der Waals surface area contributed by atoms with Gasteiger partial charge in [-0.3, -0.25) is 4.79 Å². The van der Waals surface area contributed by atoms with Crippen LogP contribution in [0.1, 0.15) is 57.8 Å². The van der Waals surface area contributed by atoms with Crippen molar-refractivity contribution in [2.45, 2.75) is 57.8 Å². The van der Waals surface area contributed by atoms with Crippen molar-refractivity contribution in [1.82, 2.24) is 5.32 Å². The lowest BCUT2D eigenvalue weighted by Gasteiger charge is -2.22. The molecule has 0 heterocycles. The summed E-state index contributed by atoms with van der Waals surface area (Å²) in [5.41, 5.74) is 1.35. The van der Waals surface area contributed by atoms with E-state index in [4.69, 9.17) is 5.41 Å². The monoisotopic (exact) mass is 234 g/mol. The first-order chi connectivity index (χ1) is 8.25. The second-order valence-electron chi connectivity index (χ2n) is 5.24. The van der Waals surface area contributed by atoms with Gasteiger partial charge < -0.3 is 10.7 Å². The molecule has 2 rings (SSSR count). The standard InChI is InChI=1S/C14H22N2O/c15-12-8-4-5-9-13(12)16-14(17)10-11-6-2-1-3-7-11/h9,11,15H,1-8,10H2,(H,16,17). The van der Waals surface area contributed by atoms with Gasteiger partial charge in [-0.25, -0.2) is 0 Å². The zero-order chi connectivity index (χ0) is 12.1. The molecule has 1 saturated carbocycles. The molecule has 0 aromatic carbocycles. The van der Waals surface area contributed by atoms with E-state index in [1.165, 1.54) is 32.1 Å². The van der Waals surface area contributed by atoms with E-state index < -0.39 is 0 Å². The molecule has 1 fully saturated rings. The molecule has 0 unspecified atom stereocenters. The van der Waals surface area contributed by atoms with E-state index in [2.05, 4.69) is 5.32 Å². The van der Waals surface area contributed by atoms with Gasteiger partial charge in [0.05, 0.1) is 11.4 Å². The summed E-state index contributed by atoms with van der Waals surface area (Å²) in [4.78, 5) is 11.9. The summed E-state index contributed by atoms with van der Waals surface area (Å²) < 4.78 is 0. The van der Waals surface area contributed by atoms with Crippen LogP contribution in [0.15, 0.2) is 11.8 Å². The minimum Gasteiger partial charge on any atom is -0.325 e. The predicted octanol–water partition coefficient (Wildman–Crippen LogP) is 3.16. The summed E-state index contributed by atoms with van der Waals surface area (Å²) in [7, 11) is 0. The molecule has 0 aromatic heterocycles. The minimum atomic E-state index is 0.106. The van der Waals surface area contributed by atoms with Gasteiger partial charge in [-0.1, -0.05) is 25.3 Å². The molecule has 2 aliphatic rings. The minimum absolute atomic E-state index is 0.106. The molecule has 0 atom stereocenters. The number of rotatable bonds is 3. The average Bonchev–Trinajstić information content (AvgIpc) is 2.33. The molecule has 94 valence electrons. The number of nitrogens with one attached hydrogen (secondary N) is 2. The van der Waals surface area contributed by atoms with Crippen molar-refractivity contribution in [2.24, 2.45) is 5.92 Å². The third-order valence-corrected chi connectivity index (χ3v) is 3.78. The van der Waals surface area contributed by atoms with Crippen molar-refractivity contribution >= 4 is 11.6 Å². The lowest BCUT2D eigenvalue weighted by molar-refractivity contribution is -0.121. The van der Waals surface area contributed by atoms with Crippen LogP contribution in [-0.2, 0) is 4.79 Å². The summed E-state index contributed by atoms with van der Waals surface area (Å²) in [5, 5.41) is 10.7. The van der Waals surface area contributed by atoms with Crippen LogP contribution >= 0.6 is 0 Å². The number of carbonyl (C=O) groups is 1.